The summed E-state index contributed by atoms with van der Waals surface area (Å²) >= 11 is 0. The maximum Gasteiger partial charge on any atom is 0.198 e. The lowest BCUT2D eigenvalue weighted by Gasteiger charge is -2.13. The van der Waals surface area contributed by atoms with Gasteiger partial charge in [-0.15, -0.1) is 5.10 Å². The summed E-state index contributed by atoms with van der Waals surface area (Å²) in [5.41, 5.74) is 11.5. The molecular formula is C16H15N9. The Morgan fingerprint density at radius 1 is 1.12 bits per heavy atom. The van der Waals surface area contributed by atoms with Gasteiger partial charge in [-0.2, -0.15) is 4.68 Å². The highest BCUT2D eigenvalue weighted by molar-refractivity contribution is 5.81. The maximum atomic E-state index is 8.78. The van der Waals surface area contributed by atoms with E-state index in [1.807, 2.05) is 55.4 Å². The number of azide groups is 1. The van der Waals surface area contributed by atoms with E-state index < -0.39 is 0 Å². The van der Waals surface area contributed by atoms with Gasteiger partial charge in [0.05, 0.1) is 23.3 Å². The first-order valence-electron chi connectivity index (χ1n) is 7.43. The Balaban J connectivity index is 1.96. The lowest BCUT2D eigenvalue weighted by atomic mass is 10.2. The van der Waals surface area contributed by atoms with Crippen molar-refractivity contribution in [3.8, 4) is 5.69 Å². The third kappa shape index (κ3) is 3.62. The van der Waals surface area contributed by atoms with Crippen molar-refractivity contribution in [2.75, 3.05) is 19.0 Å². The van der Waals surface area contributed by atoms with Crippen molar-refractivity contribution in [3.05, 3.63) is 64.8 Å². The zero-order chi connectivity index (χ0) is 17.6. The zero-order valence-electron chi connectivity index (χ0n) is 13.7. The summed E-state index contributed by atoms with van der Waals surface area (Å²) in [6.45, 7) is 0. The standard InChI is InChI=1S/C16H15N9/c1-24(2)13-8-9-14(15(10-13)19-21-17)18-11-16-20-22-23-25(16)12-6-4-3-5-7-12/h3-11H,1-2H3. The summed E-state index contributed by atoms with van der Waals surface area (Å²) < 4.78 is 1.57. The first kappa shape index (κ1) is 16.2. The molecule has 0 aliphatic heterocycles. The number of benzene rings is 2. The van der Waals surface area contributed by atoms with Crippen LogP contribution in [0.5, 0.6) is 0 Å². The molecule has 1 aromatic heterocycles. The van der Waals surface area contributed by atoms with Gasteiger partial charge in [-0.25, -0.2) is 0 Å². The van der Waals surface area contributed by atoms with Crippen molar-refractivity contribution >= 4 is 23.3 Å². The summed E-state index contributed by atoms with van der Waals surface area (Å²) in [5.74, 6) is 0.467. The molecule has 25 heavy (non-hydrogen) atoms. The average molecular weight is 333 g/mol. The fourth-order valence-corrected chi connectivity index (χ4v) is 2.18. The van der Waals surface area contributed by atoms with Crippen LogP contribution in [-0.4, -0.2) is 40.5 Å². The number of rotatable bonds is 5. The van der Waals surface area contributed by atoms with E-state index in [1.54, 1.807) is 16.8 Å². The normalized spacial score (nSPS) is 10.6. The predicted molar refractivity (Wildman–Crippen MR) is 96.0 cm³/mol. The van der Waals surface area contributed by atoms with E-state index in [2.05, 4.69) is 30.5 Å². The number of nitrogens with zero attached hydrogens (tertiary/aromatic N) is 9. The van der Waals surface area contributed by atoms with Gasteiger partial charge in [0.15, 0.2) is 5.82 Å². The molecular weight excluding hydrogens is 318 g/mol. The van der Waals surface area contributed by atoms with Crippen LogP contribution in [0.1, 0.15) is 5.82 Å². The summed E-state index contributed by atoms with van der Waals surface area (Å²) in [7, 11) is 3.82. The number of aliphatic imine (C=N–C) groups is 1. The van der Waals surface area contributed by atoms with Gasteiger partial charge in [0.25, 0.3) is 0 Å². The molecule has 0 aliphatic carbocycles. The van der Waals surface area contributed by atoms with E-state index in [1.165, 1.54) is 6.21 Å². The van der Waals surface area contributed by atoms with Crippen LogP contribution in [0.25, 0.3) is 16.1 Å². The van der Waals surface area contributed by atoms with E-state index in [0.717, 1.165) is 11.4 Å². The minimum Gasteiger partial charge on any atom is -0.378 e. The van der Waals surface area contributed by atoms with Crippen LogP contribution in [0.2, 0.25) is 0 Å². The van der Waals surface area contributed by atoms with Crippen molar-refractivity contribution in [3.63, 3.8) is 0 Å². The molecule has 3 aromatic rings. The highest BCUT2D eigenvalue weighted by Gasteiger charge is 2.07. The molecule has 9 heteroatoms. The third-order valence-electron chi connectivity index (χ3n) is 3.44. The number of aromatic nitrogens is 4. The van der Waals surface area contributed by atoms with Gasteiger partial charge >= 0.3 is 0 Å². The van der Waals surface area contributed by atoms with E-state index in [9.17, 15) is 0 Å². The molecule has 2 aromatic carbocycles. The number of tetrazole rings is 1. The molecule has 0 saturated carbocycles. The molecule has 1 heterocycles. The second kappa shape index (κ2) is 7.24. The lowest BCUT2D eigenvalue weighted by Crippen LogP contribution is -2.07. The minimum absolute atomic E-state index is 0.434. The number of anilines is 1. The molecule has 0 aliphatic rings. The van der Waals surface area contributed by atoms with Gasteiger partial charge < -0.3 is 4.90 Å². The highest BCUT2D eigenvalue weighted by Crippen LogP contribution is 2.32. The minimum atomic E-state index is 0.434. The largest absolute Gasteiger partial charge is 0.378 e. The van der Waals surface area contributed by atoms with Crippen LogP contribution in [0, 0.1) is 0 Å². The highest BCUT2D eigenvalue weighted by atomic mass is 15.5. The average Bonchev–Trinajstić information content (AvgIpc) is 3.10. The molecule has 0 unspecified atom stereocenters. The molecule has 0 spiro atoms. The summed E-state index contributed by atoms with van der Waals surface area (Å²) in [5, 5.41) is 15.3. The van der Waals surface area contributed by atoms with Crippen molar-refractivity contribution < 1.29 is 0 Å². The molecule has 3 rings (SSSR count). The third-order valence-corrected chi connectivity index (χ3v) is 3.44. The van der Waals surface area contributed by atoms with Gasteiger partial charge in [-0.1, -0.05) is 23.3 Å². The molecule has 0 N–H and O–H groups in total. The van der Waals surface area contributed by atoms with Gasteiger partial charge in [0, 0.05) is 24.7 Å². The van der Waals surface area contributed by atoms with Gasteiger partial charge in [0.1, 0.15) is 0 Å². The van der Waals surface area contributed by atoms with Crippen molar-refractivity contribution in [1.29, 1.82) is 0 Å². The van der Waals surface area contributed by atoms with E-state index in [4.69, 9.17) is 5.53 Å². The molecule has 9 nitrogen and oxygen atoms in total. The molecule has 0 fully saturated rings. The quantitative estimate of drug-likeness (QED) is 0.308. The number of hydrogen-bond donors (Lipinski definition) is 0. The Hall–Kier alpha value is -3.71. The summed E-state index contributed by atoms with van der Waals surface area (Å²) in [6.07, 6.45) is 1.54. The number of para-hydroxylation sites is 1. The van der Waals surface area contributed by atoms with Crippen LogP contribution in [0.4, 0.5) is 17.1 Å². The SMILES string of the molecule is CN(C)c1ccc(N=Cc2nnnn2-c2ccccc2)c(N=[N+]=[N-])c1. The fraction of sp³-hybridized carbons (Fsp3) is 0.125. The van der Waals surface area contributed by atoms with E-state index in [-0.39, 0.29) is 0 Å². The van der Waals surface area contributed by atoms with Gasteiger partial charge in [0.2, 0.25) is 0 Å². The van der Waals surface area contributed by atoms with Crippen molar-refractivity contribution in [1.82, 2.24) is 20.2 Å². The Morgan fingerprint density at radius 2 is 1.92 bits per heavy atom. The van der Waals surface area contributed by atoms with Crippen LogP contribution < -0.4 is 4.90 Å². The topological polar surface area (TPSA) is 108 Å². The Morgan fingerprint density at radius 3 is 2.64 bits per heavy atom. The monoisotopic (exact) mass is 333 g/mol. The smallest absolute Gasteiger partial charge is 0.198 e. The first-order valence-corrected chi connectivity index (χ1v) is 7.43. The van der Waals surface area contributed by atoms with Crippen LogP contribution in [-0.2, 0) is 0 Å². The van der Waals surface area contributed by atoms with Crippen LogP contribution in [0.3, 0.4) is 0 Å². The second-order valence-electron chi connectivity index (χ2n) is 5.30. The van der Waals surface area contributed by atoms with E-state index in [0.29, 0.717) is 17.2 Å². The Bertz CT molecular complexity index is 937. The second-order valence-corrected chi connectivity index (χ2v) is 5.30. The fourth-order valence-electron chi connectivity index (χ4n) is 2.18. The Labute approximate surface area is 143 Å². The van der Waals surface area contributed by atoms with Gasteiger partial charge in [-0.05, 0) is 46.3 Å². The van der Waals surface area contributed by atoms with Gasteiger partial charge in [-0.3, -0.25) is 4.99 Å². The molecule has 0 amide bonds. The summed E-state index contributed by atoms with van der Waals surface area (Å²) in [6, 6.07) is 15.0. The molecule has 0 bridgehead atoms. The van der Waals surface area contributed by atoms with Crippen molar-refractivity contribution in [2.45, 2.75) is 0 Å². The predicted octanol–water partition coefficient (Wildman–Crippen LogP) is 3.42. The zero-order valence-corrected chi connectivity index (χ0v) is 13.7. The molecule has 0 radical (unpaired) electrons. The Kier molecular flexibility index (Phi) is 4.68. The van der Waals surface area contributed by atoms with Crippen LogP contribution >= 0.6 is 0 Å². The maximum absolute atomic E-state index is 8.78. The summed E-state index contributed by atoms with van der Waals surface area (Å²) in [4.78, 5) is 9.16. The molecule has 124 valence electrons. The van der Waals surface area contributed by atoms with Crippen molar-refractivity contribution in [2.24, 2.45) is 10.1 Å². The molecule has 0 saturated heterocycles. The molecule has 0 atom stereocenters. The van der Waals surface area contributed by atoms with E-state index >= 15 is 0 Å². The lowest BCUT2D eigenvalue weighted by molar-refractivity contribution is 0.787. The number of hydrogen-bond acceptors (Lipinski definition) is 6. The first-order chi connectivity index (χ1) is 12.2. The van der Waals surface area contributed by atoms with Crippen LogP contribution in [0.15, 0.2) is 58.6 Å².